The second kappa shape index (κ2) is 5.46. The molecule has 2 unspecified atom stereocenters. The van der Waals surface area contributed by atoms with E-state index >= 15 is 0 Å². The van der Waals surface area contributed by atoms with E-state index in [-0.39, 0.29) is 0 Å². The second-order valence-electron chi connectivity index (χ2n) is 5.13. The Morgan fingerprint density at radius 2 is 2.00 bits per heavy atom. The van der Waals surface area contributed by atoms with Crippen molar-refractivity contribution in [3.63, 3.8) is 0 Å². The van der Waals surface area contributed by atoms with Crippen LogP contribution in [0, 0.1) is 11.8 Å². The van der Waals surface area contributed by atoms with Crippen LogP contribution in [0.1, 0.15) is 19.4 Å². The van der Waals surface area contributed by atoms with Gasteiger partial charge in [-0.1, -0.05) is 37.3 Å². The summed E-state index contributed by atoms with van der Waals surface area (Å²) < 4.78 is 0. The lowest BCUT2D eigenvalue weighted by atomic mass is 9.94. The summed E-state index contributed by atoms with van der Waals surface area (Å²) in [6.45, 7) is 7.90. The molecule has 1 saturated heterocycles. The molecule has 0 aliphatic carbocycles. The Morgan fingerprint density at radius 3 is 2.65 bits per heavy atom. The van der Waals surface area contributed by atoms with Gasteiger partial charge in [0.15, 0.2) is 0 Å². The third-order valence-corrected chi connectivity index (χ3v) is 3.83. The summed E-state index contributed by atoms with van der Waals surface area (Å²) >= 11 is 0. The van der Waals surface area contributed by atoms with E-state index in [0.717, 1.165) is 19.0 Å². The van der Waals surface area contributed by atoms with E-state index < -0.39 is 0 Å². The molecule has 0 aromatic heterocycles. The van der Waals surface area contributed by atoms with E-state index in [0.29, 0.717) is 5.92 Å². The third kappa shape index (κ3) is 2.95. The van der Waals surface area contributed by atoms with Crippen LogP contribution in [-0.2, 0) is 6.54 Å². The number of nitrogens with zero attached hydrogens (tertiary/aromatic N) is 2. The number of benzene rings is 1. The Kier molecular flexibility index (Phi) is 3.95. The van der Waals surface area contributed by atoms with Gasteiger partial charge in [0, 0.05) is 38.3 Å². The van der Waals surface area contributed by atoms with Crippen molar-refractivity contribution in [2.45, 2.75) is 20.4 Å². The molecule has 1 aliphatic heterocycles. The van der Waals surface area contributed by atoms with E-state index in [1.807, 2.05) is 7.05 Å². The number of hydrogen-bond donors (Lipinski definition) is 0. The van der Waals surface area contributed by atoms with Gasteiger partial charge in [-0.05, 0) is 18.4 Å². The highest BCUT2D eigenvalue weighted by atomic mass is 15.2. The van der Waals surface area contributed by atoms with Gasteiger partial charge in [-0.25, -0.2) is 0 Å². The summed E-state index contributed by atoms with van der Waals surface area (Å²) in [5.74, 6) is 1.37. The number of hydrogen-bond acceptors (Lipinski definition) is 2. The van der Waals surface area contributed by atoms with Crippen LogP contribution in [0.15, 0.2) is 35.3 Å². The minimum Gasteiger partial charge on any atom is -0.298 e. The Morgan fingerprint density at radius 1 is 1.29 bits per heavy atom. The standard InChI is InChI=1S/C15H22N2/c1-12-9-17(11-15(12)13(2)16-3)10-14-7-5-4-6-8-14/h4-8,12,15H,9-11H2,1-3H3. The van der Waals surface area contributed by atoms with E-state index in [2.05, 4.69) is 54.1 Å². The molecular weight excluding hydrogens is 208 g/mol. The largest absolute Gasteiger partial charge is 0.298 e. The quantitative estimate of drug-likeness (QED) is 0.729. The van der Waals surface area contributed by atoms with Crippen LogP contribution in [0.2, 0.25) is 0 Å². The van der Waals surface area contributed by atoms with Crippen LogP contribution >= 0.6 is 0 Å². The Hall–Kier alpha value is -1.15. The summed E-state index contributed by atoms with van der Waals surface area (Å²) in [4.78, 5) is 6.89. The lowest BCUT2D eigenvalue weighted by Gasteiger charge is -2.15. The zero-order valence-electron chi connectivity index (χ0n) is 11.1. The maximum absolute atomic E-state index is 4.35. The van der Waals surface area contributed by atoms with Crippen molar-refractivity contribution in [1.29, 1.82) is 0 Å². The van der Waals surface area contributed by atoms with Gasteiger partial charge in [-0.15, -0.1) is 0 Å². The lowest BCUT2D eigenvalue weighted by molar-refractivity contribution is 0.318. The monoisotopic (exact) mass is 230 g/mol. The van der Waals surface area contributed by atoms with Gasteiger partial charge < -0.3 is 0 Å². The van der Waals surface area contributed by atoms with Gasteiger partial charge in [0.25, 0.3) is 0 Å². The zero-order valence-corrected chi connectivity index (χ0v) is 11.1. The molecular formula is C15H22N2. The van der Waals surface area contributed by atoms with Gasteiger partial charge in [0.05, 0.1) is 0 Å². The molecule has 1 fully saturated rings. The SMILES string of the molecule is CN=C(C)C1CN(Cc2ccccc2)CC1C. The van der Waals surface area contributed by atoms with Crippen molar-refractivity contribution in [2.75, 3.05) is 20.1 Å². The second-order valence-corrected chi connectivity index (χ2v) is 5.13. The smallest absolute Gasteiger partial charge is 0.0276 e. The van der Waals surface area contributed by atoms with Gasteiger partial charge >= 0.3 is 0 Å². The zero-order chi connectivity index (χ0) is 12.3. The maximum atomic E-state index is 4.35. The fourth-order valence-electron chi connectivity index (χ4n) is 2.75. The first-order valence-electron chi connectivity index (χ1n) is 6.40. The molecule has 2 atom stereocenters. The Labute approximate surface area is 104 Å². The molecule has 2 rings (SSSR count). The van der Waals surface area contributed by atoms with Crippen molar-refractivity contribution in [3.8, 4) is 0 Å². The highest BCUT2D eigenvalue weighted by Gasteiger charge is 2.30. The number of rotatable bonds is 3. The van der Waals surface area contributed by atoms with Crippen molar-refractivity contribution in [2.24, 2.45) is 16.8 Å². The topological polar surface area (TPSA) is 15.6 Å². The molecule has 0 N–H and O–H groups in total. The highest BCUT2D eigenvalue weighted by molar-refractivity contribution is 5.85. The molecule has 1 heterocycles. The van der Waals surface area contributed by atoms with E-state index in [1.54, 1.807) is 0 Å². The predicted octanol–water partition coefficient (Wildman–Crippen LogP) is 2.85. The molecule has 2 heteroatoms. The first-order valence-corrected chi connectivity index (χ1v) is 6.40. The van der Waals surface area contributed by atoms with Crippen molar-refractivity contribution >= 4 is 5.71 Å². The fourth-order valence-corrected chi connectivity index (χ4v) is 2.75. The minimum atomic E-state index is 0.642. The molecule has 1 aliphatic rings. The molecule has 0 bridgehead atoms. The lowest BCUT2D eigenvalue weighted by Crippen LogP contribution is -2.22. The van der Waals surface area contributed by atoms with Gasteiger partial charge in [-0.2, -0.15) is 0 Å². The van der Waals surface area contributed by atoms with Crippen LogP contribution < -0.4 is 0 Å². The first kappa shape index (κ1) is 12.3. The maximum Gasteiger partial charge on any atom is 0.0276 e. The van der Waals surface area contributed by atoms with E-state index in [4.69, 9.17) is 0 Å². The summed E-state index contributed by atoms with van der Waals surface area (Å²) in [6, 6.07) is 10.7. The molecule has 0 spiro atoms. The fraction of sp³-hybridized carbons (Fsp3) is 0.533. The number of likely N-dealkylation sites (tertiary alicyclic amines) is 1. The van der Waals surface area contributed by atoms with Crippen molar-refractivity contribution in [3.05, 3.63) is 35.9 Å². The summed E-state index contributed by atoms with van der Waals surface area (Å²) in [5, 5.41) is 0. The van der Waals surface area contributed by atoms with Crippen LogP contribution in [0.5, 0.6) is 0 Å². The normalized spacial score (nSPS) is 26.4. The van der Waals surface area contributed by atoms with Gasteiger partial charge in [0.1, 0.15) is 0 Å². The molecule has 1 aromatic rings. The van der Waals surface area contributed by atoms with Crippen LogP contribution in [0.3, 0.4) is 0 Å². The van der Waals surface area contributed by atoms with Crippen LogP contribution in [0.4, 0.5) is 0 Å². The number of aliphatic imine (C=N–C) groups is 1. The molecule has 0 saturated carbocycles. The molecule has 2 nitrogen and oxygen atoms in total. The summed E-state index contributed by atoms with van der Waals surface area (Å²) in [6.07, 6.45) is 0. The van der Waals surface area contributed by atoms with Crippen LogP contribution in [-0.4, -0.2) is 30.7 Å². The molecule has 17 heavy (non-hydrogen) atoms. The molecule has 1 aromatic carbocycles. The van der Waals surface area contributed by atoms with Gasteiger partial charge in [-0.3, -0.25) is 9.89 Å². The van der Waals surface area contributed by atoms with Crippen LogP contribution in [0.25, 0.3) is 0 Å². The predicted molar refractivity (Wildman–Crippen MR) is 73.4 cm³/mol. The molecule has 0 amide bonds. The first-order chi connectivity index (χ1) is 8.20. The molecule has 92 valence electrons. The van der Waals surface area contributed by atoms with Gasteiger partial charge in [0.2, 0.25) is 0 Å². The summed E-state index contributed by atoms with van der Waals surface area (Å²) in [7, 11) is 1.90. The van der Waals surface area contributed by atoms with E-state index in [9.17, 15) is 0 Å². The highest BCUT2D eigenvalue weighted by Crippen LogP contribution is 2.25. The average Bonchev–Trinajstić information content (AvgIpc) is 2.70. The molecule has 0 radical (unpaired) electrons. The van der Waals surface area contributed by atoms with E-state index in [1.165, 1.54) is 17.8 Å². The van der Waals surface area contributed by atoms with Crippen molar-refractivity contribution < 1.29 is 0 Å². The Balaban J connectivity index is 1.98. The van der Waals surface area contributed by atoms with Crippen molar-refractivity contribution in [1.82, 2.24) is 4.90 Å². The third-order valence-electron chi connectivity index (χ3n) is 3.83. The Bertz CT molecular complexity index is 383. The summed E-state index contributed by atoms with van der Waals surface area (Å²) in [5.41, 5.74) is 2.71. The average molecular weight is 230 g/mol. The minimum absolute atomic E-state index is 0.642.